The molecule has 0 bridgehead atoms. The minimum atomic E-state index is -0.625. The number of nitrogens with zero attached hydrogens (tertiary/aromatic N) is 1. The molecule has 0 saturated carbocycles. The third-order valence-corrected chi connectivity index (χ3v) is 2.17. The quantitative estimate of drug-likeness (QED) is 0.759. The van der Waals surface area contributed by atoms with Crippen molar-refractivity contribution in [3.05, 3.63) is 34.9 Å². The fraction of sp³-hybridized carbons (Fsp3) is 0.308. The van der Waals surface area contributed by atoms with Gasteiger partial charge in [0.1, 0.15) is 6.07 Å². The van der Waals surface area contributed by atoms with Gasteiger partial charge in [-0.15, -0.1) is 0 Å². The van der Waals surface area contributed by atoms with Crippen molar-refractivity contribution in [3.8, 4) is 6.07 Å². The normalized spacial score (nSPS) is 9.39. The monoisotopic (exact) mass is 247 g/mol. The molecule has 0 fully saturated rings. The average molecular weight is 247 g/mol. The number of carbonyl (C=O) groups is 2. The van der Waals surface area contributed by atoms with Gasteiger partial charge >= 0.3 is 11.9 Å². The summed E-state index contributed by atoms with van der Waals surface area (Å²) in [5.74, 6) is -1.25. The van der Waals surface area contributed by atoms with Gasteiger partial charge in [-0.05, 0) is 26.0 Å². The molecule has 1 aromatic carbocycles. The van der Waals surface area contributed by atoms with Crippen LogP contribution in [0.15, 0.2) is 18.2 Å². The number of nitriles is 1. The van der Waals surface area contributed by atoms with Crippen LogP contribution in [0.2, 0.25) is 0 Å². The Hall–Kier alpha value is -2.35. The second kappa shape index (κ2) is 6.40. The Morgan fingerprint density at radius 3 is 1.89 bits per heavy atom. The highest BCUT2D eigenvalue weighted by atomic mass is 16.5. The Labute approximate surface area is 105 Å². The lowest BCUT2D eigenvalue weighted by atomic mass is 10.0. The minimum Gasteiger partial charge on any atom is -0.462 e. The van der Waals surface area contributed by atoms with Crippen molar-refractivity contribution in [2.24, 2.45) is 0 Å². The Balaban J connectivity index is 3.23. The Morgan fingerprint density at radius 1 is 1.11 bits per heavy atom. The molecular weight excluding hydrogens is 234 g/mol. The first-order valence-electron chi connectivity index (χ1n) is 5.53. The van der Waals surface area contributed by atoms with Gasteiger partial charge in [0, 0.05) is 0 Å². The van der Waals surface area contributed by atoms with E-state index in [1.165, 1.54) is 18.2 Å². The molecule has 0 aromatic heterocycles. The SMILES string of the molecule is CCOC(=O)c1cccc(C(=O)OCC)c1C#N. The van der Waals surface area contributed by atoms with Gasteiger partial charge in [-0.3, -0.25) is 0 Å². The van der Waals surface area contributed by atoms with Crippen LogP contribution < -0.4 is 0 Å². The van der Waals surface area contributed by atoms with Crippen LogP contribution in [0.25, 0.3) is 0 Å². The van der Waals surface area contributed by atoms with Gasteiger partial charge in [-0.25, -0.2) is 9.59 Å². The third kappa shape index (κ3) is 2.86. The fourth-order valence-corrected chi connectivity index (χ4v) is 1.43. The van der Waals surface area contributed by atoms with E-state index in [1.54, 1.807) is 13.8 Å². The van der Waals surface area contributed by atoms with E-state index in [0.29, 0.717) is 0 Å². The molecule has 5 nitrogen and oxygen atoms in total. The zero-order valence-electron chi connectivity index (χ0n) is 10.2. The summed E-state index contributed by atoms with van der Waals surface area (Å²) in [6.45, 7) is 3.74. The fourth-order valence-electron chi connectivity index (χ4n) is 1.43. The molecule has 0 atom stereocenters. The predicted molar refractivity (Wildman–Crippen MR) is 63.1 cm³/mol. The third-order valence-electron chi connectivity index (χ3n) is 2.17. The first-order valence-corrected chi connectivity index (χ1v) is 5.53. The first-order chi connectivity index (χ1) is 8.65. The van der Waals surface area contributed by atoms with Crippen molar-refractivity contribution in [1.29, 1.82) is 5.26 Å². The highest BCUT2D eigenvalue weighted by molar-refractivity contribution is 5.99. The van der Waals surface area contributed by atoms with Crippen molar-refractivity contribution >= 4 is 11.9 Å². The van der Waals surface area contributed by atoms with Crippen molar-refractivity contribution in [3.63, 3.8) is 0 Å². The Morgan fingerprint density at radius 2 is 1.56 bits per heavy atom. The van der Waals surface area contributed by atoms with Gasteiger partial charge in [0.05, 0.1) is 29.9 Å². The Kier molecular flexibility index (Phi) is 4.88. The highest BCUT2D eigenvalue weighted by Gasteiger charge is 2.20. The molecule has 1 aromatic rings. The molecule has 0 radical (unpaired) electrons. The maximum atomic E-state index is 11.6. The van der Waals surface area contributed by atoms with E-state index in [1.807, 2.05) is 6.07 Å². The summed E-state index contributed by atoms with van der Waals surface area (Å²) in [5, 5.41) is 9.07. The summed E-state index contributed by atoms with van der Waals surface area (Å²) in [7, 11) is 0. The molecule has 0 aliphatic heterocycles. The lowest BCUT2D eigenvalue weighted by Gasteiger charge is -2.07. The molecule has 18 heavy (non-hydrogen) atoms. The van der Waals surface area contributed by atoms with Gasteiger partial charge in [0.2, 0.25) is 0 Å². The number of hydrogen-bond acceptors (Lipinski definition) is 5. The van der Waals surface area contributed by atoms with E-state index in [4.69, 9.17) is 14.7 Å². The zero-order chi connectivity index (χ0) is 13.5. The van der Waals surface area contributed by atoms with Crippen LogP contribution in [0.4, 0.5) is 0 Å². The average Bonchev–Trinajstić information content (AvgIpc) is 2.38. The second-order valence-corrected chi connectivity index (χ2v) is 3.28. The standard InChI is InChI=1S/C13H13NO4/c1-3-17-12(15)9-6-5-7-10(11(9)8-14)13(16)18-4-2/h5-7H,3-4H2,1-2H3. The molecule has 0 aliphatic carbocycles. The maximum absolute atomic E-state index is 11.6. The smallest absolute Gasteiger partial charge is 0.339 e. The van der Waals surface area contributed by atoms with E-state index in [2.05, 4.69) is 0 Å². The molecule has 0 amide bonds. The summed E-state index contributed by atoms with van der Waals surface area (Å²) in [6, 6.07) is 6.24. The number of benzene rings is 1. The van der Waals surface area contributed by atoms with E-state index in [-0.39, 0.29) is 29.9 Å². The van der Waals surface area contributed by atoms with Gasteiger partial charge in [-0.2, -0.15) is 5.26 Å². The largest absolute Gasteiger partial charge is 0.462 e. The van der Waals surface area contributed by atoms with E-state index < -0.39 is 11.9 Å². The second-order valence-electron chi connectivity index (χ2n) is 3.28. The molecular formula is C13H13NO4. The van der Waals surface area contributed by atoms with Crippen LogP contribution in [0.5, 0.6) is 0 Å². The molecule has 0 heterocycles. The van der Waals surface area contributed by atoms with Crippen molar-refractivity contribution < 1.29 is 19.1 Å². The molecule has 94 valence electrons. The van der Waals surface area contributed by atoms with E-state index >= 15 is 0 Å². The van der Waals surface area contributed by atoms with Crippen LogP contribution in [0.3, 0.4) is 0 Å². The molecule has 0 aliphatic rings. The molecule has 1 rings (SSSR count). The maximum Gasteiger partial charge on any atom is 0.339 e. The lowest BCUT2D eigenvalue weighted by Crippen LogP contribution is -2.12. The van der Waals surface area contributed by atoms with E-state index in [0.717, 1.165) is 0 Å². The topological polar surface area (TPSA) is 76.4 Å². The predicted octanol–water partition coefficient (Wildman–Crippen LogP) is 1.91. The van der Waals surface area contributed by atoms with Crippen molar-refractivity contribution in [2.75, 3.05) is 13.2 Å². The lowest BCUT2D eigenvalue weighted by molar-refractivity contribution is 0.0524. The van der Waals surface area contributed by atoms with Crippen LogP contribution in [0.1, 0.15) is 40.1 Å². The van der Waals surface area contributed by atoms with E-state index in [9.17, 15) is 9.59 Å². The van der Waals surface area contributed by atoms with Gasteiger partial charge in [-0.1, -0.05) is 6.07 Å². The van der Waals surface area contributed by atoms with Gasteiger partial charge in [0.25, 0.3) is 0 Å². The van der Waals surface area contributed by atoms with Gasteiger partial charge in [0.15, 0.2) is 0 Å². The molecule has 0 N–H and O–H groups in total. The van der Waals surface area contributed by atoms with Crippen molar-refractivity contribution in [1.82, 2.24) is 0 Å². The van der Waals surface area contributed by atoms with Crippen molar-refractivity contribution in [2.45, 2.75) is 13.8 Å². The number of carbonyl (C=O) groups excluding carboxylic acids is 2. The number of ether oxygens (including phenoxy) is 2. The first kappa shape index (κ1) is 13.7. The summed E-state index contributed by atoms with van der Waals surface area (Å²) in [4.78, 5) is 23.3. The summed E-state index contributed by atoms with van der Waals surface area (Å²) in [5.41, 5.74) is 0.129. The summed E-state index contributed by atoms with van der Waals surface area (Å²) < 4.78 is 9.65. The minimum absolute atomic E-state index is 0.0191. The number of esters is 2. The summed E-state index contributed by atoms with van der Waals surface area (Å²) in [6.07, 6.45) is 0. The highest BCUT2D eigenvalue weighted by Crippen LogP contribution is 2.16. The number of hydrogen-bond donors (Lipinski definition) is 0. The molecule has 0 spiro atoms. The number of rotatable bonds is 4. The van der Waals surface area contributed by atoms with Crippen LogP contribution in [0, 0.1) is 11.3 Å². The molecule has 0 saturated heterocycles. The Bertz CT molecular complexity index is 466. The molecule has 0 unspecified atom stereocenters. The van der Waals surface area contributed by atoms with Crippen LogP contribution >= 0.6 is 0 Å². The zero-order valence-corrected chi connectivity index (χ0v) is 10.2. The van der Waals surface area contributed by atoms with Crippen LogP contribution in [-0.4, -0.2) is 25.2 Å². The molecule has 5 heteroatoms. The van der Waals surface area contributed by atoms with Gasteiger partial charge < -0.3 is 9.47 Å². The summed E-state index contributed by atoms with van der Waals surface area (Å²) >= 11 is 0. The van der Waals surface area contributed by atoms with Crippen LogP contribution in [-0.2, 0) is 9.47 Å².